The molecule has 1 aromatic heterocycles. The van der Waals surface area contributed by atoms with Crippen LogP contribution in [-0.4, -0.2) is 12.1 Å². The Labute approximate surface area is 75.0 Å². The molecule has 0 atom stereocenters. The summed E-state index contributed by atoms with van der Waals surface area (Å²) in [5.41, 5.74) is 0.564. The maximum Gasteiger partial charge on any atom is 0.339 e. The van der Waals surface area contributed by atoms with Gasteiger partial charge >= 0.3 is 5.88 Å². The van der Waals surface area contributed by atoms with Gasteiger partial charge < -0.3 is 9.94 Å². The zero-order valence-electron chi connectivity index (χ0n) is 7.10. The highest BCUT2D eigenvalue weighted by atomic mass is 16.5. The van der Waals surface area contributed by atoms with Crippen molar-refractivity contribution < 1.29 is 9.47 Å². The van der Waals surface area contributed by atoms with E-state index in [4.69, 9.17) is 4.74 Å². The van der Waals surface area contributed by atoms with Crippen LogP contribution in [0.1, 0.15) is 0 Å². The van der Waals surface area contributed by atoms with Crippen molar-refractivity contribution in [1.82, 2.24) is 4.98 Å². The number of benzene rings is 1. The monoisotopic (exact) mass is 176 g/mol. The minimum atomic E-state index is 0.475. The first-order chi connectivity index (χ1) is 6.33. The number of methoxy groups -OCH3 is 1. The molecule has 2 rings (SSSR count). The number of para-hydroxylation sites is 1. The molecule has 0 saturated heterocycles. The second kappa shape index (κ2) is 2.90. The van der Waals surface area contributed by atoms with Gasteiger partial charge in [0.15, 0.2) is 0 Å². The normalized spacial score (nSPS) is 10.2. The molecule has 4 nitrogen and oxygen atoms in total. The van der Waals surface area contributed by atoms with Gasteiger partial charge in [-0.05, 0) is 17.1 Å². The molecule has 0 aliphatic carbocycles. The molecule has 0 spiro atoms. The van der Waals surface area contributed by atoms with E-state index >= 15 is 0 Å². The van der Waals surface area contributed by atoms with Crippen LogP contribution in [0.25, 0.3) is 10.9 Å². The molecule has 0 amide bonds. The van der Waals surface area contributed by atoms with Crippen LogP contribution in [-0.2, 0) is 0 Å². The van der Waals surface area contributed by atoms with Crippen molar-refractivity contribution in [2.75, 3.05) is 7.11 Å². The van der Waals surface area contributed by atoms with Crippen LogP contribution in [0.3, 0.4) is 0 Å². The van der Waals surface area contributed by atoms with Gasteiger partial charge in [-0.25, -0.2) is 4.73 Å². The highest BCUT2D eigenvalue weighted by Gasteiger charge is 2.09. The Morgan fingerprint density at radius 3 is 2.92 bits per heavy atom. The Kier molecular flexibility index (Phi) is 1.73. The number of aromatic nitrogens is 2. The molecule has 4 heteroatoms. The Bertz CT molecular complexity index is 443. The van der Waals surface area contributed by atoms with E-state index in [1.165, 1.54) is 13.4 Å². The van der Waals surface area contributed by atoms with Crippen LogP contribution in [0, 0.1) is 5.21 Å². The Morgan fingerprint density at radius 1 is 1.38 bits per heavy atom. The Balaban J connectivity index is 2.84. The minimum Gasteiger partial charge on any atom is -0.710 e. The highest BCUT2D eigenvalue weighted by molar-refractivity contribution is 5.80. The number of hydrogen-bond acceptors (Lipinski definition) is 3. The van der Waals surface area contributed by atoms with Gasteiger partial charge in [-0.15, -0.1) is 0 Å². The first-order valence-electron chi connectivity index (χ1n) is 3.84. The van der Waals surface area contributed by atoms with Crippen LogP contribution >= 0.6 is 0 Å². The lowest BCUT2D eigenvalue weighted by Gasteiger charge is -2.04. The zero-order valence-corrected chi connectivity index (χ0v) is 7.10. The number of fused-ring (bicyclic) bond motifs is 1. The Hall–Kier alpha value is -1.84. The second-order valence-corrected chi connectivity index (χ2v) is 2.60. The SMILES string of the molecule is COc1nc[n+]([O-])c2ccccc12. The summed E-state index contributed by atoms with van der Waals surface area (Å²) in [7, 11) is 1.53. The fourth-order valence-electron chi connectivity index (χ4n) is 1.25. The molecule has 0 aliphatic rings. The van der Waals surface area contributed by atoms with Crippen molar-refractivity contribution in [3.05, 3.63) is 35.8 Å². The van der Waals surface area contributed by atoms with E-state index in [-0.39, 0.29) is 0 Å². The molecule has 1 aromatic carbocycles. The lowest BCUT2D eigenvalue weighted by molar-refractivity contribution is -0.580. The van der Waals surface area contributed by atoms with Crippen LogP contribution < -0.4 is 9.47 Å². The van der Waals surface area contributed by atoms with Gasteiger partial charge in [-0.1, -0.05) is 12.1 Å². The maximum atomic E-state index is 11.2. The molecule has 0 bridgehead atoms. The van der Waals surface area contributed by atoms with Crippen LogP contribution in [0.4, 0.5) is 0 Å². The molecule has 66 valence electrons. The highest BCUT2D eigenvalue weighted by Crippen LogP contribution is 2.18. The average Bonchev–Trinajstić information content (AvgIpc) is 2.19. The van der Waals surface area contributed by atoms with E-state index in [1.807, 2.05) is 6.07 Å². The second-order valence-electron chi connectivity index (χ2n) is 2.60. The molecule has 0 unspecified atom stereocenters. The lowest BCUT2D eigenvalue weighted by atomic mass is 10.2. The summed E-state index contributed by atoms with van der Waals surface area (Å²) >= 11 is 0. The maximum absolute atomic E-state index is 11.2. The number of ether oxygens (including phenoxy) is 1. The summed E-state index contributed by atoms with van der Waals surface area (Å²) in [5, 5.41) is 12.0. The first kappa shape index (κ1) is 7.79. The van der Waals surface area contributed by atoms with E-state index in [0.717, 1.165) is 10.1 Å². The average molecular weight is 176 g/mol. The van der Waals surface area contributed by atoms with Crippen molar-refractivity contribution in [2.24, 2.45) is 0 Å². The van der Waals surface area contributed by atoms with Gasteiger partial charge in [0.25, 0.3) is 6.33 Å². The summed E-state index contributed by atoms with van der Waals surface area (Å²) in [6, 6.07) is 7.17. The molecule has 2 aromatic rings. The third-order valence-corrected chi connectivity index (χ3v) is 1.85. The molecule has 13 heavy (non-hydrogen) atoms. The minimum absolute atomic E-state index is 0.475. The molecular weight excluding hydrogens is 168 g/mol. The van der Waals surface area contributed by atoms with Crippen molar-refractivity contribution >= 4 is 10.9 Å². The third kappa shape index (κ3) is 1.16. The lowest BCUT2D eigenvalue weighted by Crippen LogP contribution is -2.27. The molecule has 0 aliphatic heterocycles. The largest absolute Gasteiger partial charge is 0.710 e. The summed E-state index contributed by atoms with van der Waals surface area (Å²) in [6.45, 7) is 0. The van der Waals surface area contributed by atoms with E-state index in [2.05, 4.69) is 4.98 Å². The van der Waals surface area contributed by atoms with Crippen LogP contribution in [0.5, 0.6) is 5.88 Å². The van der Waals surface area contributed by atoms with Crippen molar-refractivity contribution in [3.8, 4) is 5.88 Å². The summed E-state index contributed by atoms with van der Waals surface area (Å²) in [4.78, 5) is 3.85. The number of nitrogens with zero attached hydrogens (tertiary/aromatic N) is 2. The fraction of sp³-hybridized carbons (Fsp3) is 0.111. The van der Waals surface area contributed by atoms with Crippen LogP contribution in [0.15, 0.2) is 30.6 Å². The summed E-state index contributed by atoms with van der Waals surface area (Å²) in [6.07, 6.45) is 1.20. The predicted octanol–water partition coefficient (Wildman–Crippen LogP) is 0.877. The Morgan fingerprint density at radius 2 is 2.15 bits per heavy atom. The predicted molar refractivity (Wildman–Crippen MR) is 47.3 cm³/mol. The third-order valence-electron chi connectivity index (χ3n) is 1.85. The molecule has 1 heterocycles. The van der Waals surface area contributed by atoms with Gasteiger partial charge in [0.2, 0.25) is 0 Å². The molecule has 0 N–H and O–H groups in total. The van der Waals surface area contributed by atoms with Gasteiger partial charge in [0, 0.05) is 0 Å². The van der Waals surface area contributed by atoms with Gasteiger partial charge in [-0.3, -0.25) is 0 Å². The first-order valence-corrected chi connectivity index (χ1v) is 3.84. The standard InChI is InChI=1S/C9H8N2O2/c1-13-9-7-4-2-3-5-8(7)11(12)6-10-9/h2-6H,1H3. The van der Waals surface area contributed by atoms with E-state index < -0.39 is 0 Å². The number of hydrogen-bond donors (Lipinski definition) is 0. The van der Waals surface area contributed by atoms with E-state index in [1.54, 1.807) is 18.2 Å². The smallest absolute Gasteiger partial charge is 0.339 e. The zero-order chi connectivity index (χ0) is 9.26. The van der Waals surface area contributed by atoms with Crippen LogP contribution in [0.2, 0.25) is 0 Å². The van der Waals surface area contributed by atoms with E-state index in [0.29, 0.717) is 11.4 Å². The molecule has 0 fully saturated rings. The fourth-order valence-corrected chi connectivity index (χ4v) is 1.25. The molecule has 0 saturated carbocycles. The van der Waals surface area contributed by atoms with Crippen molar-refractivity contribution in [1.29, 1.82) is 0 Å². The molecule has 0 radical (unpaired) electrons. The topological polar surface area (TPSA) is 49.1 Å². The summed E-state index contributed by atoms with van der Waals surface area (Å²) < 4.78 is 5.74. The van der Waals surface area contributed by atoms with Crippen molar-refractivity contribution in [2.45, 2.75) is 0 Å². The summed E-state index contributed by atoms with van der Waals surface area (Å²) in [5.74, 6) is 0.475. The molecular formula is C9H8N2O2. The van der Waals surface area contributed by atoms with Crippen molar-refractivity contribution in [3.63, 3.8) is 0 Å². The number of rotatable bonds is 1. The van der Waals surface area contributed by atoms with Gasteiger partial charge in [-0.2, -0.15) is 0 Å². The quantitative estimate of drug-likeness (QED) is 0.478. The van der Waals surface area contributed by atoms with Gasteiger partial charge in [0.1, 0.15) is 10.9 Å². The van der Waals surface area contributed by atoms with Gasteiger partial charge in [0.05, 0.1) is 7.11 Å². The van der Waals surface area contributed by atoms with E-state index in [9.17, 15) is 5.21 Å².